The number of nitrogens with zero attached hydrogens (tertiary/aromatic N) is 6. The van der Waals surface area contributed by atoms with Crippen molar-refractivity contribution in [2.24, 2.45) is 0 Å². The Labute approximate surface area is 201 Å². The quantitative estimate of drug-likeness (QED) is 0.353. The van der Waals surface area contributed by atoms with Crippen molar-refractivity contribution in [1.29, 1.82) is 0 Å². The Morgan fingerprint density at radius 3 is 2.41 bits per heavy atom. The first-order valence-corrected chi connectivity index (χ1v) is 12.7. The summed E-state index contributed by atoms with van der Waals surface area (Å²) in [7, 11) is 0. The fourth-order valence-electron chi connectivity index (χ4n) is 4.98. The summed E-state index contributed by atoms with van der Waals surface area (Å²) < 4.78 is 1.95. The van der Waals surface area contributed by atoms with Crippen molar-refractivity contribution < 1.29 is 0 Å². The Balaban J connectivity index is 1.62. The summed E-state index contributed by atoms with van der Waals surface area (Å²) in [4.78, 5) is 17.2. The van der Waals surface area contributed by atoms with E-state index in [9.17, 15) is 0 Å². The van der Waals surface area contributed by atoms with Gasteiger partial charge in [-0.05, 0) is 57.2 Å². The smallest absolute Gasteiger partial charge is 0.160 e. The van der Waals surface area contributed by atoms with Crippen LogP contribution in [0.1, 0.15) is 63.6 Å². The monoisotopic (exact) mass is 457 g/mol. The van der Waals surface area contributed by atoms with E-state index in [1.807, 2.05) is 17.5 Å². The lowest BCUT2D eigenvalue weighted by Gasteiger charge is -2.22. The zero-order valence-electron chi connectivity index (χ0n) is 20.8. The molecule has 1 aromatic carbocycles. The van der Waals surface area contributed by atoms with Crippen molar-refractivity contribution in [3.05, 3.63) is 41.6 Å². The lowest BCUT2D eigenvalue weighted by atomic mass is 10.1. The van der Waals surface area contributed by atoms with Crippen LogP contribution >= 0.6 is 0 Å². The molecular formula is C27H35N7. The molecule has 1 N–H and O–H groups in total. The van der Waals surface area contributed by atoms with E-state index >= 15 is 0 Å². The van der Waals surface area contributed by atoms with Gasteiger partial charge in [0.05, 0.1) is 16.7 Å². The SMILES string of the molecule is CCCC(CCC)Nc1cc(N2CCCC2)nc2cc(-c3nc4cc(C)ccc4nc3C)nn12. The predicted molar refractivity (Wildman–Crippen MR) is 140 cm³/mol. The van der Waals surface area contributed by atoms with Crippen molar-refractivity contribution in [3.8, 4) is 11.4 Å². The third-order valence-electron chi connectivity index (χ3n) is 6.71. The molecule has 1 aliphatic heterocycles. The standard InChI is InChI=1S/C27H35N7/c1-5-9-20(10-6-2)29-26-17-24(33-13-7-8-14-33)31-25-16-23(32-34(25)26)27-19(4)28-21-12-11-18(3)15-22(21)30-27/h11-12,15-17,20,29H,5-10,13-14H2,1-4H3. The van der Waals surface area contributed by atoms with Crippen LogP contribution in [0.2, 0.25) is 0 Å². The Morgan fingerprint density at radius 2 is 1.68 bits per heavy atom. The van der Waals surface area contributed by atoms with Crippen molar-refractivity contribution >= 4 is 28.3 Å². The third kappa shape index (κ3) is 4.43. The maximum atomic E-state index is 5.01. The van der Waals surface area contributed by atoms with Gasteiger partial charge in [0.25, 0.3) is 0 Å². The number of rotatable bonds is 8. The molecule has 0 unspecified atom stereocenters. The van der Waals surface area contributed by atoms with E-state index < -0.39 is 0 Å². The second kappa shape index (κ2) is 9.57. The highest BCUT2D eigenvalue weighted by molar-refractivity contribution is 5.79. The molecule has 0 bridgehead atoms. The first-order valence-electron chi connectivity index (χ1n) is 12.7. The Hall–Kier alpha value is -3.22. The van der Waals surface area contributed by atoms with E-state index in [-0.39, 0.29) is 0 Å². The topological polar surface area (TPSA) is 71.2 Å². The second-order valence-corrected chi connectivity index (χ2v) is 9.56. The summed E-state index contributed by atoms with van der Waals surface area (Å²) in [5.41, 5.74) is 6.33. The van der Waals surface area contributed by atoms with Crippen LogP contribution in [0, 0.1) is 13.8 Å². The zero-order valence-corrected chi connectivity index (χ0v) is 20.8. The highest BCUT2D eigenvalue weighted by Crippen LogP contribution is 2.28. The van der Waals surface area contributed by atoms with Crippen molar-refractivity contribution in [2.75, 3.05) is 23.3 Å². The maximum Gasteiger partial charge on any atom is 0.160 e. The van der Waals surface area contributed by atoms with Crippen LogP contribution < -0.4 is 10.2 Å². The fraction of sp³-hybridized carbons (Fsp3) is 0.481. The van der Waals surface area contributed by atoms with E-state index in [0.717, 1.165) is 84.2 Å². The highest BCUT2D eigenvalue weighted by atomic mass is 15.3. The van der Waals surface area contributed by atoms with E-state index in [1.54, 1.807) is 0 Å². The minimum atomic E-state index is 0.421. The van der Waals surface area contributed by atoms with Gasteiger partial charge in [-0.2, -0.15) is 9.61 Å². The summed E-state index contributed by atoms with van der Waals surface area (Å²) in [5, 5.41) is 8.79. The second-order valence-electron chi connectivity index (χ2n) is 9.56. The molecule has 0 atom stereocenters. The lowest BCUT2D eigenvalue weighted by Crippen LogP contribution is -2.23. The minimum Gasteiger partial charge on any atom is -0.367 e. The number of nitrogens with one attached hydrogen (secondary N) is 1. The van der Waals surface area contributed by atoms with Gasteiger partial charge in [0.2, 0.25) is 0 Å². The van der Waals surface area contributed by atoms with Crippen LogP contribution in [0.4, 0.5) is 11.6 Å². The largest absolute Gasteiger partial charge is 0.367 e. The molecule has 0 amide bonds. The summed E-state index contributed by atoms with van der Waals surface area (Å²) in [6, 6.07) is 10.8. The maximum absolute atomic E-state index is 5.01. The molecule has 4 heterocycles. The molecule has 1 fully saturated rings. The van der Waals surface area contributed by atoms with Gasteiger partial charge in [-0.15, -0.1) is 0 Å². The molecule has 1 aliphatic rings. The highest BCUT2D eigenvalue weighted by Gasteiger charge is 2.20. The zero-order chi connectivity index (χ0) is 23.7. The summed E-state index contributed by atoms with van der Waals surface area (Å²) in [6.07, 6.45) is 7.03. The van der Waals surface area contributed by atoms with Gasteiger partial charge < -0.3 is 10.2 Å². The van der Waals surface area contributed by atoms with E-state index in [2.05, 4.69) is 55.3 Å². The molecule has 7 nitrogen and oxygen atoms in total. The number of anilines is 2. The molecule has 0 radical (unpaired) electrons. The molecule has 0 saturated carbocycles. The van der Waals surface area contributed by atoms with Gasteiger partial charge in [0.15, 0.2) is 5.65 Å². The van der Waals surface area contributed by atoms with Crippen molar-refractivity contribution in [1.82, 2.24) is 24.6 Å². The van der Waals surface area contributed by atoms with Gasteiger partial charge in [-0.3, -0.25) is 0 Å². The summed E-state index contributed by atoms with van der Waals surface area (Å²) in [6.45, 7) is 10.7. The molecule has 4 aromatic rings. The van der Waals surface area contributed by atoms with Gasteiger partial charge in [-0.25, -0.2) is 15.0 Å². The third-order valence-corrected chi connectivity index (χ3v) is 6.71. The number of hydrogen-bond acceptors (Lipinski definition) is 6. The number of hydrogen-bond donors (Lipinski definition) is 1. The molecule has 3 aromatic heterocycles. The number of fused-ring (bicyclic) bond motifs is 2. The van der Waals surface area contributed by atoms with Crippen LogP contribution in [-0.2, 0) is 0 Å². The number of benzene rings is 1. The Kier molecular flexibility index (Phi) is 6.35. The molecule has 7 heteroatoms. The van der Waals surface area contributed by atoms with Crippen molar-refractivity contribution in [2.45, 2.75) is 72.3 Å². The minimum absolute atomic E-state index is 0.421. The normalized spacial score (nSPS) is 14.1. The number of aromatic nitrogens is 5. The average molecular weight is 458 g/mol. The van der Waals surface area contributed by atoms with E-state index in [4.69, 9.17) is 20.1 Å². The molecule has 0 spiro atoms. The molecule has 178 valence electrons. The van der Waals surface area contributed by atoms with Gasteiger partial charge in [0, 0.05) is 31.3 Å². The first-order chi connectivity index (χ1) is 16.6. The predicted octanol–water partition coefficient (Wildman–Crippen LogP) is 5.94. The molecule has 1 saturated heterocycles. The van der Waals surface area contributed by atoms with E-state index in [1.165, 1.54) is 18.4 Å². The summed E-state index contributed by atoms with van der Waals surface area (Å²) >= 11 is 0. The lowest BCUT2D eigenvalue weighted by molar-refractivity contribution is 0.582. The molecule has 5 rings (SSSR count). The summed E-state index contributed by atoms with van der Waals surface area (Å²) in [5.74, 6) is 2.04. The van der Waals surface area contributed by atoms with Crippen LogP contribution in [0.15, 0.2) is 30.3 Å². The fourth-order valence-corrected chi connectivity index (χ4v) is 4.98. The van der Waals surface area contributed by atoms with Gasteiger partial charge in [-0.1, -0.05) is 32.8 Å². The Bertz CT molecular complexity index is 1300. The average Bonchev–Trinajstić information content (AvgIpc) is 3.49. The van der Waals surface area contributed by atoms with Crippen LogP contribution in [-0.4, -0.2) is 43.7 Å². The van der Waals surface area contributed by atoms with Crippen LogP contribution in [0.5, 0.6) is 0 Å². The molecular weight excluding hydrogens is 422 g/mol. The molecule has 34 heavy (non-hydrogen) atoms. The number of aryl methyl sites for hydroxylation is 2. The van der Waals surface area contributed by atoms with Crippen LogP contribution in [0.25, 0.3) is 28.1 Å². The van der Waals surface area contributed by atoms with Gasteiger partial charge in [0.1, 0.15) is 23.0 Å². The Morgan fingerprint density at radius 1 is 0.912 bits per heavy atom. The van der Waals surface area contributed by atoms with Crippen LogP contribution in [0.3, 0.4) is 0 Å². The van der Waals surface area contributed by atoms with Crippen molar-refractivity contribution in [3.63, 3.8) is 0 Å². The van der Waals surface area contributed by atoms with Gasteiger partial charge >= 0.3 is 0 Å². The molecule has 0 aliphatic carbocycles. The van der Waals surface area contributed by atoms with E-state index in [0.29, 0.717) is 6.04 Å². The first kappa shape index (κ1) is 22.6.